The number of ether oxygens (including phenoxy) is 3. The van der Waals surface area contributed by atoms with E-state index in [1.54, 1.807) is 6.92 Å². The Balaban J connectivity index is 3.38. The second-order valence-electron chi connectivity index (χ2n) is 3.95. The van der Waals surface area contributed by atoms with Crippen molar-refractivity contribution < 1.29 is 28.7 Å². The molecule has 0 saturated heterocycles. The lowest BCUT2D eigenvalue weighted by Crippen LogP contribution is -2.05. The SMILES string of the molecule is CCOC(=O)C=Cc1c(OC)cc(C(=O)OC)cc1[N+](=O)[O-]. The highest BCUT2D eigenvalue weighted by Gasteiger charge is 2.21. The molecule has 0 fully saturated rings. The minimum absolute atomic E-state index is 0.0284. The Hall–Kier alpha value is -2.90. The van der Waals surface area contributed by atoms with Gasteiger partial charge in [-0.25, -0.2) is 9.59 Å². The summed E-state index contributed by atoms with van der Waals surface area (Å²) in [6, 6.07) is 2.35. The molecule has 0 aliphatic rings. The zero-order valence-corrected chi connectivity index (χ0v) is 12.3. The van der Waals surface area contributed by atoms with E-state index in [9.17, 15) is 19.7 Å². The summed E-state index contributed by atoms with van der Waals surface area (Å²) in [6.07, 6.45) is 2.25. The number of hydrogen-bond donors (Lipinski definition) is 0. The molecule has 8 nitrogen and oxygen atoms in total. The van der Waals surface area contributed by atoms with Crippen LogP contribution in [0.1, 0.15) is 22.8 Å². The molecule has 0 spiro atoms. The number of benzene rings is 1. The van der Waals surface area contributed by atoms with Crippen LogP contribution in [-0.4, -0.2) is 37.7 Å². The van der Waals surface area contributed by atoms with Gasteiger partial charge in [-0.05, 0) is 19.1 Å². The van der Waals surface area contributed by atoms with Crippen molar-refractivity contribution in [3.8, 4) is 5.75 Å². The summed E-state index contributed by atoms with van der Waals surface area (Å²) in [7, 11) is 2.46. The summed E-state index contributed by atoms with van der Waals surface area (Å²) >= 11 is 0. The number of methoxy groups -OCH3 is 2. The number of carbonyl (C=O) groups excluding carboxylic acids is 2. The van der Waals surface area contributed by atoms with Crippen LogP contribution in [0, 0.1) is 10.1 Å². The molecule has 22 heavy (non-hydrogen) atoms. The fourth-order valence-electron chi connectivity index (χ4n) is 1.68. The van der Waals surface area contributed by atoms with Gasteiger partial charge in [0.1, 0.15) is 5.75 Å². The minimum Gasteiger partial charge on any atom is -0.496 e. The van der Waals surface area contributed by atoms with Crippen molar-refractivity contribution in [1.29, 1.82) is 0 Å². The van der Waals surface area contributed by atoms with Crippen LogP contribution in [0.3, 0.4) is 0 Å². The van der Waals surface area contributed by atoms with Crippen molar-refractivity contribution in [1.82, 2.24) is 0 Å². The Morgan fingerprint density at radius 3 is 2.50 bits per heavy atom. The van der Waals surface area contributed by atoms with Gasteiger partial charge in [-0.1, -0.05) is 0 Å². The fourth-order valence-corrected chi connectivity index (χ4v) is 1.68. The Morgan fingerprint density at radius 1 is 1.32 bits per heavy atom. The first kappa shape index (κ1) is 17.2. The molecule has 0 atom stereocenters. The molecule has 1 rings (SSSR count). The lowest BCUT2D eigenvalue weighted by Gasteiger charge is -2.08. The number of carbonyl (C=O) groups is 2. The molecule has 118 valence electrons. The number of nitro benzene ring substituents is 1. The molecular formula is C14H15NO7. The molecule has 0 heterocycles. The van der Waals surface area contributed by atoms with Crippen molar-refractivity contribution >= 4 is 23.7 Å². The first-order valence-corrected chi connectivity index (χ1v) is 6.24. The largest absolute Gasteiger partial charge is 0.496 e. The van der Waals surface area contributed by atoms with Crippen molar-refractivity contribution in [2.24, 2.45) is 0 Å². The van der Waals surface area contributed by atoms with Crippen LogP contribution in [0.25, 0.3) is 6.08 Å². The van der Waals surface area contributed by atoms with Gasteiger partial charge >= 0.3 is 11.9 Å². The van der Waals surface area contributed by atoms with E-state index in [1.165, 1.54) is 19.3 Å². The zero-order valence-electron chi connectivity index (χ0n) is 12.3. The van der Waals surface area contributed by atoms with Gasteiger partial charge in [0.25, 0.3) is 5.69 Å². The monoisotopic (exact) mass is 309 g/mol. The van der Waals surface area contributed by atoms with Gasteiger partial charge in [-0.15, -0.1) is 0 Å². The highest BCUT2D eigenvalue weighted by atomic mass is 16.6. The van der Waals surface area contributed by atoms with Crippen LogP contribution < -0.4 is 4.74 Å². The third-order valence-electron chi connectivity index (χ3n) is 2.63. The Kier molecular flexibility index (Phi) is 6.06. The van der Waals surface area contributed by atoms with Gasteiger partial charge in [0.05, 0.1) is 36.9 Å². The van der Waals surface area contributed by atoms with Crippen LogP contribution >= 0.6 is 0 Å². The zero-order chi connectivity index (χ0) is 16.7. The standard InChI is InChI=1S/C14H15NO7/c1-4-22-13(16)6-5-10-11(15(18)19)7-9(14(17)21-3)8-12(10)20-2/h5-8H,4H2,1-3H3. The summed E-state index contributed by atoms with van der Waals surface area (Å²) in [5.41, 5.74) is -0.368. The first-order chi connectivity index (χ1) is 10.4. The molecule has 0 amide bonds. The number of esters is 2. The third-order valence-corrected chi connectivity index (χ3v) is 2.63. The molecule has 0 saturated carbocycles. The molecule has 0 N–H and O–H groups in total. The molecule has 1 aromatic carbocycles. The lowest BCUT2D eigenvalue weighted by molar-refractivity contribution is -0.385. The first-order valence-electron chi connectivity index (χ1n) is 6.24. The highest BCUT2D eigenvalue weighted by molar-refractivity contribution is 5.93. The Bertz CT molecular complexity index is 622. The Labute approximate surface area is 126 Å². The summed E-state index contributed by atoms with van der Waals surface area (Å²) in [4.78, 5) is 33.3. The van der Waals surface area contributed by atoms with Crippen molar-refractivity contribution in [3.63, 3.8) is 0 Å². The number of nitro groups is 1. The molecule has 0 aliphatic heterocycles. The van der Waals surface area contributed by atoms with Crippen LogP contribution in [0.5, 0.6) is 5.75 Å². The van der Waals surface area contributed by atoms with Crippen LogP contribution in [-0.2, 0) is 14.3 Å². The number of nitrogens with zero attached hydrogens (tertiary/aromatic N) is 1. The molecule has 0 radical (unpaired) electrons. The van der Waals surface area contributed by atoms with E-state index < -0.39 is 16.9 Å². The topological polar surface area (TPSA) is 105 Å². The molecule has 8 heteroatoms. The second kappa shape index (κ2) is 7.77. The normalized spacial score (nSPS) is 10.3. The van der Waals surface area contributed by atoms with Gasteiger partial charge in [0.2, 0.25) is 0 Å². The fraction of sp³-hybridized carbons (Fsp3) is 0.286. The maximum atomic E-state index is 11.5. The molecule has 1 aromatic rings. The number of rotatable bonds is 6. The van der Waals surface area contributed by atoms with Crippen molar-refractivity contribution in [3.05, 3.63) is 39.4 Å². The quantitative estimate of drug-likeness (QED) is 0.342. The van der Waals surface area contributed by atoms with E-state index in [0.717, 1.165) is 19.3 Å². The van der Waals surface area contributed by atoms with Crippen molar-refractivity contribution in [2.75, 3.05) is 20.8 Å². The predicted molar refractivity (Wildman–Crippen MR) is 76.7 cm³/mol. The summed E-state index contributed by atoms with van der Waals surface area (Å²) < 4.78 is 14.3. The van der Waals surface area contributed by atoms with Gasteiger partial charge in [0, 0.05) is 12.1 Å². The molecule has 0 aliphatic carbocycles. The van der Waals surface area contributed by atoms with E-state index in [1.807, 2.05) is 0 Å². The minimum atomic E-state index is -0.734. The predicted octanol–water partition coefficient (Wildman–Crippen LogP) is 1.97. The summed E-state index contributed by atoms with van der Waals surface area (Å²) in [5, 5.41) is 11.2. The van der Waals surface area contributed by atoms with E-state index >= 15 is 0 Å². The molecule has 0 unspecified atom stereocenters. The lowest BCUT2D eigenvalue weighted by atomic mass is 10.1. The maximum Gasteiger partial charge on any atom is 0.338 e. The van der Waals surface area contributed by atoms with Crippen LogP contribution in [0.4, 0.5) is 5.69 Å². The van der Waals surface area contributed by atoms with Gasteiger partial charge in [0.15, 0.2) is 0 Å². The van der Waals surface area contributed by atoms with Crippen LogP contribution in [0.2, 0.25) is 0 Å². The van der Waals surface area contributed by atoms with Gasteiger partial charge in [-0.2, -0.15) is 0 Å². The Morgan fingerprint density at radius 2 is 2.00 bits per heavy atom. The van der Waals surface area contributed by atoms with Gasteiger partial charge in [-0.3, -0.25) is 10.1 Å². The summed E-state index contributed by atoms with van der Waals surface area (Å²) in [6.45, 7) is 1.82. The average Bonchev–Trinajstić information content (AvgIpc) is 2.51. The van der Waals surface area contributed by atoms with E-state index in [0.29, 0.717) is 0 Å². The average molecular weight is 309 g/mol. The maximum absolute atomic E-state index is 11.5. The second-order valence-corrected chi connectivity index (χ2v) is 3.95. The number of hydrogen-bond acceptors (Lipinski definition) is 7. The smallest absolute Gasteiger partial charge is 0.338 e. The molecule has 0 bridgehead atoms. The van der Waals surface area contributed by atoms with E-state index in [4.69, 9.17) is 9.47 Å². The molecular weight excluding hydrogens is 294 g/mol. The van der Waals surface area contributed by atoms with Gasteiger partial charge < -0.3 is 14.2 Å². The van der Waals surface area contributed by atoms with E-state index in [-0.39, 0.29) is 29.2 Å². The highest BCUT2D eigenvalue weighted by Crippen LogP contribution is 2.32. The van der Waals surface area contributed by atoms with E-state index in [2.05, 4.69) is 4.74 Å². The molecule has 0 aromatic heterocycles. The van der Waals surface area contributed by atoms with Crippen molar-refractivity contribution in [2.45, 2.75) is 6.92 Å². The summed E-state index contributed by atoms with van der Waals surface area (Å²) in [5.74, 6) is -1.31. The third kappa shape index (κ3) is 4.05. The van der Waals surface area contributed by atoms with Crippen LogP contribution in [0.15, 0.2) is 18.2 Å².